The minimum absolute atomic E-state index is 0.0691. The maximum Gasteiger partial charge on any atom is 0.327 e. The number of rotatable bonds is 5. The molecule has 1 aromatic heterocycles. The van der Waals surface area contributed by atoms with Gasteiger partial charge >= 0.3 is 5.97 Å². The smallest absolute Gasteiger partial charge is 0.327 e. The van der Waals surface area contributed by atoms with Crippen LogP contribution in [0.1, 0.15) is 29.4 Å². The predicted molar refractivity (Wildman–Crippen MR) is 79.6 cm³/mol. The lowest BCUT2D eigenvalue weighted by Gasteiger charge is -2.26. The van der Waals surface area contributed by atoms with Gasteiger partial charge in [0.15, 0.2) is 0 Å². The molecule has 5 nitrogen and oxygen atoms in total. The van der Waals surface area contributed by atoms with E-state index in [9.17, 15) is 14.7 Å². The first-order valence-corrected chi connectivity index (χ1v) is 8.31. The lowest BCUT2D eigenvalue weighted by atomic mass is 10.2. The monoisotopic (exact) mass is 315 g/mol. The van der Waals surface area contributed by atoms with Gasteiger partial charge in [-0.1, -0.05) is 13.3 Å². The van der Waals surface area contributed by atoms with Crippen LogP contribution in [0.25, 0.3) is 0 Å². The Labute approximate surface area is 125 Å². The first-order chi connectivity index (χ1) is 9.60. The fraction of sp³-hybridized carbons (Fsp3) is 0.538. The van der Waals surface area contributed by atoms with Crippen LogP contribution in [0.15, 0.2) is 11.4 Å². The van der Waals surface area contributed by atoms with Crippen molar-refractivity contribution in [2.45, 2.75) is 31.2 Å². The molecule has 1 aliphatic heterocycles. The van der Waals surface area contributed by atoms with Crippen LogP contribution in [0.3, 0.4) is 0 Å². The lowest BCUT2D eigenvalue weighted by molar-refractivity contribution is -0.141. The minimum atomic E-state index is -0.944. The summed E-state index contributed by atoms with van der Waals surface area (Å²) in [6, 6.07) is 0.974. The third-order valence-electron chi connectivity index (χ3n) is 3.19. The Morgan fingerprint density at radius 1 is 1.55 bits per heavy atom. The molecule has 0 bridgehead atoms. The van der Waals surface area contributed by atoms with Crippen LogP contribution in [-0.2, 0) is 4.79 Å². The van der Waals surface area contributed by atoms with Gasteiger partial charge in [0.2, 0.25) is 0 Å². The van der Waals surface area contributed by atoms with E-state index in [-0.39, 0.29) is 11.3 Å². The molecule has 1 fully saturated rings. The maximum absolute atomic E-state index is 12.7. The fourth-order valence-electron chi connectivity index (χ4n) is 2.23. The second-order valence-corrected chi connectivity index (χ2v) is 6.59. The molecule has 1 amide bonds. The number of aliphatic carboxylic acids is 1. The molecule has 0 saturated carbocycles. The number of carbonyl (C=O) groups excluding carboxylic acids is 1. The van der Waals surface area contributed by atoms with E-state index in [1.165, 1.54) is 35.1 Å². The first kappa shape index (κ1) is 15.2. The highest BCUT2D eigenvalue weighted by atomic mass is 32.2. The topological polar surface area (TPSA) is 66.8 Å². The van der Waals surface area contributed by atoms with Crippen LogP contribution in [0.2, 0.25) is 0 Å². The summed E-state index contributed by atoms with van der Waals surface area (Å²) in [6.07, 6.45) is 1.71. The summed E-state index contributed by atoms with van der Waals surface area (Å²) in [5.74, 6) is -0.233. The van der Waals surface area contributed by atoms with Crippen molar-refractivity contribution in [2.24, 2.45) is 0 Å². The number of ether oxygens (including phenoxy) is 1. The highest BCUT2D eigenvalue weighted by Crippen LogP contribution is 2.36. The molecule has 0 radical (unpaired) electrons. The largest absolute Gasteiger partial charge is 0.495 e. The van der Waals surface area contributed by atoms with Crippen LogP contribution in [0.4, 0.5) is 0 Å². The van der Waals surface area contributed by atoms with Crippen molar-refractivity contribution in [3.05, 3.63) is 16.3 Å². The Kier molecular flexibility index (Phi) is 4.93. The van der Waals surface area contributed by atoms with Crippen LogP contribution < -0.4 is 4.74 Å². The molecule has 1 saturated heterocycles. The van der Waals surface area contributed by atoms with E-state index in [1.807, 2.05) is 6.92 Å². The fourth-order valence-corrected chi connectivity index (χ4v) is 4.54. The molecule has 2 atom stereocenters. The Bertz CT molecular complexity index is 502. The SMILES string of the molecule is CCCC1SCC(C(=O)O)N1C(=O)c1sccc1OC. The van der Waals surface area contributed by atoms with Gasteiger partial charge in [0, 0.05) is 5.75 Å². The number of thiophene rings is 1. The number of carbonyl (C=O) groups is 2. The number of hydrogen-bond acceptors (Lipinski definition) is 5. The Balaban J connectivity index is 2.29. The molecule has 0 aromatic carbocycles. The molecule has 2 rings (SSSR count). The summed E-state index contributed by atoms with van der Waals surface area (Å²) in [5.41, 5.74) is 0. The van der Waals surface area contributed by atoms with Crippen LogP contribution in [-0.4, -0.2) is 46.2 Å². The Morgan fingerprint density at radius 2 is 2.30 bits per heavy atom. The molecule has 1 aliphatic rings. The van der Waals surface area contributed by atoms with Gasteiger partial charge in [-0.2, -0.15) is 0 Å². The molecule has 2 unspecified atom stereocenters. The molecule has 7 heteroatoms. The standard InChI is InChI=1S/C13H17NO4S2/c1-3-4-10-14(8(7-20-10)13(16)17)12(15)11-9(18-2)5-6-19-11/h5-6,8,10H,3-4,7H2,1-2H3,(H,16,17). The number of thioether (sulfide) groups is 1. The first-order valence-electron chi connectivity index (χ1n) is 6.38. The highest BCUT2D eigenvalue weighted by molar-refractivity contribution is 8.00. The van der Waals surface area contributed by atoms with Gasteiger partial charge in [-0.3, -0.25) is 4.79 Å². The van der Waals surface area contributed by atoms with E-state index in [1.54, 1.807) is 11.4 Å². The molecule has 2 heterocycles. The number of carboxylic acids is 1. The number of amides is 1. The number of hydrogen-bond donors (Lipinski definition) is 1. The van der Waals surface area contributed by atoms with E-state index in [4.69, 9.17) is 4.74 Å². The van der Waals surface area contributed by atoms with Gasteiger partial charge < -0.3 is 14.7 Å². The summed E-state index contributed by atoms with van der Waals surface area (Å²) in [6.45, 7) is 2.03. The van der Waals surface area contributed by atoms with Crippen molar-refractivity contribution in [1.29, 1.82) is 0 Å². The third kappa shape index (κ3) is 2.78. The molecule has 20 heavy (non-hydrogen) atoms. The van der Waals surface area contributed by atoms with Crippen LogP contribution >= 0.6 is 23.1 Å². The summed E-state index contributed by atoms with van der Waals surface area (Å²) >= 11 is 2.82. The number of carboxylic acid groups (broad SMARTS) is 1. The third-order valence-corrected chi connectivity index (χ3v) is 5.43. The Morgan fingerprint density at radius 3 is 2.90 bits per heavy atom. The van der Waals surface area contributed by atoms with E-state index in [0.29, 0.717) is 16.4 Å². The van der Waals surface area contributed by atoms with E-state index >= 15 is 0 Å². The molecule has 0 spiro atoms. The number of nitrogens with zero attached hydrogens (tertiary/aromatic N) is 1. The minimum Gasteiger partial charge on any atom is -0.495 e. The molecule has 0 aliphatic carbocycles. The predicted octanol–water partition coefficient (Wildman–Crippen LogP) is 2.53. The van der Waals surface area contributed by atoms with Gasteiger partial charge in [0.1, 0.15) is 16.7 Å². The highest BCUT2D eigenvalue weighted by Gasteiger charge is 2.42. The summed E-state index contributed by atoms with van der Waals surface area (Å²) in [5, 5.41) is 11.0. The summed E-state index contributed by atoms with van der Waals surface area (Å²) in [4.78, 5) is 26.0. The van der Waals surface area contributed by atoms with Crippen molar-refractivity contribution < 1.29 is 19.4 Å². The zero-order valence-corrected chi connectivity index (χ0v) is 13.0. The molecule has 110 valence electrons. The number of methoxy groups -OCH3 is 1. The molecule has 1 aromatic rings. The van der Waals surface area contributed by atoms with Crippen molar-refractivity contribution in [3.63, 3.8) is 0 Å². The summed E-state index contributed by atoms with van der Waals surface area (Å²) < 4.78 is 5.17. The van der Waals surface area contributed by atoms with Gasteiger partial charge in [0.25, 0.3) is 5.91 Å². The lowest BCUT2D eigenvalue weighted by Crippen LogP contribution is -2.45. The van der Waals surface area contributed by atoms with E-state index in [2.05, 4.69) is 0 Å². The normalized spacial score (nSPS) is 22.0. The second-order valence-electron chi connectivity index (χ2n) is 4.46. The Hall–Kier alpha value is -1.21. The van der Waals surface area contributed by atoms with Gasteiger partial charge in [-0.05, 0) is 17.9 Å². The van der Waals surface area contributed by atoms with Crippen molar-refractivity contribution in [1.82, 2.24) is 4.90 Å². The second kappa shape index (κ2) is 6.49. The quantitative estimate of drug-likeness (QED) is 0.904. The molecular formula is C13H17NO4S2. The average Bonchev–Trinajstić information content (AvgIpc) is 3.04. The average molecular weight is 315 g/mol. The van der Waals surface area contributed by atoms with E-state index in [0.717, 1.165) is 12.8 Å². The molecule has 1 N–H and O–H groups in total. The van der Waals surface area contributed by atoms with Gasteiger partial charge in [0.05, 0.1) is 12.5 Å². The summed E-state index contributed by atoms with van der Waals surface area (Å²) in [7, 11) is 1.51. The van der Waals surface area contributed by atoms with Gasteiger partial charge in [-0.15, -0.1) is 23.1 Å². The van der Waals surface area contributed by atoms with Gasteiger partial charge in [-0.25, -0.2) is 4.79 Å². The van der Waals surface area contributed by atoms with Crippen LogP contribution in [0, 0.1) is 0 Å². The molecular weight excluding hydrogens is 298 g/mol. The van der Waals surface area contributed by atoms with Crippen molar-refractivity contribution >= 4 is 35.0 Å². The van der Waals surface area contributed by atoms with Crippen LogP contribution in [0.5, 0.6) is 5.75 Å². The maximum atomic E-state index is 12.7. The van der Waals surface area contributed by atoms with E-state index < -0.39 is 12.0 Å². The van der Waals surface area contributed by atoms with Crippen molar-refractivity contribution in [3.8, 4) is 5.75 Å². The van der Waals surface area contributed by atoms with Crippen molar-refractivity contribution in [2.75, 3.05) is 12.9 Å². The zero-order valence-electron chi connectivity index (χ0n) is 11.4. The zero-order chi connectivity index (χ0) is 14.7.